The second-order valence-electron chi connectivity index (χ2n) is 4.72. The summed E-state index contributed by atoms with van der Waals surface area (Å²) in [6.45, 7) is 13.5. The molecule has 0 aliphatic rings. The molecular formula is C14H22OSi. The summed E-state index contributed by atoms with van der Waals surface area (Å²) in [4.78, 5) is 0. The molecule has 0 saturated carbocycles. The monoisotopic (exact) mass is 234 g/mol. The number of allylic oxidation sites excluding steroid dienone is 1. The minimum atomic E-state index is -1.72. The Balaban J connectivity index is 2.94. The molecule has 0 radical (unpaired) electrons. The lowest BCUT2D eigenvalue weighted by Crippen LogP contribution is -2.45. The maximum absolute atomic E-state index is 6.01. The molecule has 0 aromatic heterocycles. The van der Waals surface area contributed by atoms with Gasteiger partial charge in [-0.1, -0.05) is 43.3 Å². The first-order valence-corrected chi connectivity index (χ1v) is 8.78. The average molecular weight is 234 g/mol. The van der Waals surface area contributed by atoms with Crippen molar-refractivity contribution >= 4 is 19.1 Å². The van der Waals surface area contributed by atoms with Crippen LogP contribution in [0.25, 0.3) is 5.57 Å². The first kappa shape index (κ1) is 13.2. The summed E-state index contributed by atoms with van der Waals surface area (Å²) in [5.41, 5.74) is 2.33. The van der Waals surface area contributed by atoms with Crippen molar-refractivity contribution in [3.05, 3.63) is 36.4 Å². The third-order valence-corrected chi connectivity index (χ3v) is 5.34. The molecule has 0 aliphatic carbocycles. The Morgan fingerprint density at radius 2 is 2.06 bits per heavy atom. The van der Waals surface area contributed by atoms with Gasteiger partial charge in [-0.25, -0.2) is 0 Å². The van der Waals surface area contributed by atoms with Crippen LogP contribution in [0.5, 0.6) is 0 Å². The van der Waals surface area contributed by atoms with Crippen molar-refractivity contribution in [2.45, 2.75) is 33.4 Å². The van der Waals surface area contributed by atoms with Crippen LogP contribution in [0.3, 0.4) is 0 Å². The highest BCUT2D eigenvalue weighted by atomic mass is 28.4. The fourth-order valence-electron chi connectivity index (χ4n) is 1.60. The van der Waals surface area contributed by atoms with Gasteiger partial charge in [-0.2, -0.15) is 0 Å². The second kappa shape index (κ2) is 5.46. The summed E-state index contributed by atoms with van der Waals surface area (Å²) < 4.78 is 6.01. The standard InChI is InChI=1S/C14H22OSi/c1-6-10-15-16(4,5)14-9-7-8-13(11-14)12(2)3/h7-9,11H,2,6,10H2,1,3-5H3. The molecule has 0 aliphatic heterocycles. The van der Waals surface area contributed by atoms with Crippen LogP contribution in [-0.2, 0) is 4.43 Å². The highest BCUT2D eigenvalue weighted by Gasteiger charge is 2.24. The Morgan fingerprint density at radius 3 is 2.62 bits per heavy atom. The predicted octanol–water partition coefficient (Wildman–Crippen LogP) is 3.56. The van der Waals surface area contributed by atoms with Gasteiger partial charge in [-0.05, 0) is 37.2 Å². The maximum atomic E-state index is 6.01. The Bertz CT molecular complexity index is 369. The van der Waals surface area contributed by atoms with E-state index in [9.17, 15) is 0 Å². The fourth-order valence-corrected chi connectivity index (χ4v) is 3.48. The number of hydrogen-bond acceptors (Lipinski definition) is 1. The van der Waals surface area contributed by atoms with Crippen molar-refractivity contribution in [1.82, 2.24) is 0 Å². The van der Waals surface area contributed by atoms with Crippen molar-refractivity contribution in [2.75, 3.05) is 6.61 Å². The number of benzene rings is 1. The highest BCUT2D eigenvalue weighted by Crippen LogP contribution is 2.13. The van der Waals surface area contributed by atoms with Gasteiger partial charge in [0.25, 0.3) is 0 Å². The highest BCUT2D eigenvalue weighted by molar-refractivity contribution is 6.84. The van der Waals surface area contributed by atoms with Gasteiger partial charge in [0.05, 0.1) is 0 Å². The number of rotatable bonds is 5. The van der Waals surface area contributed by atoms with Gasteiger partial charge >= 0.3 is 0 Å². The molecule has 0 atom stereocenters. The molecule has 0 saturated heterocycles. The van der Waals surface area contributed by atoms with E-state index in [1.165, 1.54) is 10.8 Å². The largest absolute Gasteiger partial charge is 0.413 e. The molecule has 1 aromatic carbocycles. The lowest BCUT2D eigenvalue weighted by atomic mass is 10.1. The summed E-state index contributed by atoms with van der Waals surface area (Å²) >= 11 is 0. The van der Waals surface area contributed by atoms with E-state index in [1.54, 1.807) is 0 Å². The molecule has 1 aromatic rings. The van der Waals surface area contributed by atoms with E-state index in [2.05, 4.69) is 50.9 Å². The van der Waals surface area contributed by atoms with Crippen LogP contribution >= 0.6 is 0 Å². The van der Waals surface area contributed by atoms with Gasteiger partial charge in [0.15, 0.2) is 0 Å². The van der Waals surface area contributed by atoms with Crippen molar-refractivity contribution in [2.24, 2.45) is 0 Å². The lowest BCUT2D eigenvalue weighted by Gasteiger charge is -2.23. The van der Waals surface area contributed by atoms with Gasteiger partial charge < -0.3 is 4.43 Å². The fraction of sp³-hybridized carbons (Fsp3) is 0.429. The SMILES string of the molecule is C=C(C)c1cccc([Si](C)(C)OCCC)c1. The molecule has 0 unspecified atom stereocenters. The van der Waals surface area contributed by atoms with Crippen molar-refractivity contribution < 1.29 is 4.43 Å². The van der Waals surface area contributed by atoms with Crippen LogP contribution in [0.15, 0.2) is 30.8 Å². The van der Waals surface area contributed by atoms with Crippen molar-refractivity contribution in [3.8, 4) is 0 Å². The van der Waals surface area contributed by atoms with Gasteiger partial charge in [-0.3, -0.25) is 0 Å². The smallest absolute Gasteiger partial charge is 0.218 e. The minimum Gasteiger partial charge on any atom is -0.413 e. The molecule has 16 heavy (non-hydrogen) atoms. The summed E-state index contributed by atoms with van der Waals surface area (Å²) in [6.07, 6.45) is 1.08. The molecule has 0 heterocycles. The Kier molecular flexibility index (Phi) is 4.51. The summed E-state index contributed by atoms with van der Waals surface area (Å²) in [6, 6.07) is 8.61. The second-order valence-corrected chi connectivity index (χ2v) is 8.61. The van der Waals surface area contributed by atoms with Crippen LogP contribution in [0.2, 0.25) is 13.1 Å². The van der Waals surface area contributed by atoms with E-state index in [1.807, 2.05) is 6.92 Å². The van der Waals surface area contributed by atoms with Crippen molar-refractivity contribution in [1.29, 1.82) is 0 Å². The molecule has 0 fully saturated rings. The molecule has 2 heteroatoms. The Labute approximate surface area is 100 Å². The number of hydrogen-bond donors (Lipinski definition) is 0. The van der Waals surface area contributed by atoms with Gasteiger partial charge in [0.1, 0.15) is 0 Å². The van der Waals surface area contributed by atoms with E-state index in [-0.39, 0.29) is 0 Å². The zero-order valence-corrected chi connectivity index (χ0v) is 11.8. The van der Waals surface area contributed by atoms with E-state index in [0.29, 0.717) is 0 Å². The maximum Gasteiger partial charge on any atom is 0.218 e. The quantitative estimate of drug-likeness (QED) is 0.708. The Hall–Kier alpha value is -0.863. The van der Waals surface area contributed by atoms with Gasteiger partial charge in [0, 0.05) is 6.61 Å². The third-order valence-electron chi connectivity index (χ3n) is 2.72. The molecule has 1 rings (SSSR count). The first-order chi connectivity index (χ1) is 7.47. The molecule has 0 N–H and O–H groups in total. The predicted molar refractivity (Wildman–Crippen MR) is 74.5 cm³/mol. The zero-order chi connectivity index (χ0) is 12.2. The van der Waals surface area contributed by atoms with E-state index < -0.39 is 8.32 Å². The van der Waals surface area contributed by atoms with Crippen LogP contribution < -0.4 is 5.19 Å². The van der Waals surface area contributed by atoms with Crippen LogP contribution in [0.1, 0.15) is 25.8 Å². The molecule has 88 valence electrons. The Morgan fingerprint density at radius 1 is 1.38 bits per heavy atom. The molecule has 0 amide bonds. The molecule has 0 bridgehead atoms. The van der Waals surface area contributed by atoms with E-state index in [0.717, 1.165) is 18.6 Å². The third kappa shape index (κ3) is 3.32. The minimum absolute atomic E-state index is 0.858. The summed E-state index contributed by atoms with van der Waals surface area (Å²) in [5, 5.41) is 1.35. The van der Waals surface area contributed by atoms with Gasteiger partial charge in [-0.15, -0.1) is 0 Å². The normalized spacial score (nSPS) is 11.5. The van der Waals surface area contributed by atoms with Crippen molar-refractivity contribution in [3.63, 3.8) is 0 Å². The summed E-state index contributed by atoms with van der Waals surface area (Å²) in [5.74, 6) is 0. The molecule has 1 nitrogen and oxygen atoms in total. The van der Waals surface area contributed by atoms with Gasteiger partial charge in [0.2, 0.25) is 8.32 Å². The molecular weight excluding hydrogens is 212 g/mol. The first-order valence-electron chi connectivity index (χ1n) is 5.87. The molecule has 0 spiro atoms. The summed E-state index contributed by atoms with van der Waals surface area (Å²) in [7, 11) is -1.72. The lowest BCUT2D eigenvalue weighted by molar-refractivity contribution is 0.315. The van der Waals surface area contributed by atoms with E-state index in [4.69, 9.17) is 4.43 Å². The topological polar surface area (TPSA) is 9.23 Å². The van der Waals surface area contributed by atoms with E-state index >= 15 is 0 Å². The average Bonchev–Trinajstić information content (AvgIpc) is 2.26. The zero-order valence-electron chi connectivity index (χ0n) is 10.8. The van der Waals surface area contributed by atoms with Crippen LogP contribution in [-0.4, -0.2) is 14.9 Å². The van der Waals surface area contributed by atoms with Crippen LogP contribution in [0, 0.1) is 0 Å². The van der Waals surface area contributed by atoms with Crippen LogP contribution in [0.4, 0.5) is 0 Å².